The van der Waals surface area contributed by atoms with E-state index in [1.807, 2.05) is 48.7 Å². The van der Waals surface area contributed by atoms with Crippen LogP contribution in [0.2, 0.25) is 0 Å². The Morgan fingerprint density at radius 1 is 1.13 bits per heavy atom. The molecule has 3 amide bonds. The Labute approximate surface area is 179 Å². The molecule has 1 unspecified atom stereocenters. The lowest BCUT2D eigenvalue weighted by Crippen LogP contribution is -2.63. The zero-order valence-corrected chi connectivity index (χ0v) is 17.5. The Bertz CT molecular complexity index is 1230. The van der Waals surface area contributed by atoms with Crippen molar-refractivity contribution in [3.05, 3.63) is 54.1 Å². The number of benzene rings is 2. The van der Waals surface area contributed by atoms with E-state index in [0.29, 0.717) is 36.6 Å². The molecule has 31 heavy (non-hydrogen) atoms. The molecule has 0 bridgehead atoms. The number of aryl methyl sites for hydroxylation is 1. The first-order valence-corrected chi connectivity index (χ1v) is 10.4. The summed E-state index contributed by atoms with van der Waals surface area (Å²) in [6.45, 7) is 4.31. The molecule has 0 spiro atoms. The fourth-order valence-corrected chi connectivity index (χ4v) is 4.74. The van der Waals surface area contributed by atoms with Gasteiger partial charge in [-0.2, -0.15) is 0 Å². The molecular formula is C23H23N5O3. The van der Waals surface area contributed by atoms with Crippen molar-refractivity contribution < 1.29 is 14.4 Å². The van der Waals surface area contributed by atoms with Gasteiger partial charge >= 0.3 is 0 Å². The van der Waals surface area contributed by atoms with Crippen LogP contribution in [0.4, 0.5) is 11.6 Å². The van der Waals surface area contributed by atoms with E-state index in [9.17, 15) is 14.4 Å². The van der Waals surface area contributed by atoms with Crippen LogP contribution in [0.3, 0.4) is 0 Å². The van der Waals surface area contributed by atoms with Gasteiger partial charge in [-0.25, -0.2) is 4.98 Å². The Morgan fingerprint density at radius 2 is 1.87 bits per heavy atom. The summed E-state index contributed by atoms with van der Waals surface area (Å²) in [5, 5.41) is 2.87. The molecule has 2 aromatic carbocycles. The van der Waals surface area contributed by atoms with Gasteiger partial charge in [-0.1, -0.05) is 24.3 Å². The van der Waals surface area contributed by atoms with E-state index in [1.54, 1.807) is 23.1 Å². The maximum atomic E-state index is 13.3. The van der Waals surface area contributed by atoms with Crippen LogP contribution in [0.15, 0.2) is 48.5 Å². The van der Waals surface area contributed by atoms with Gasteiger partial charge in [0.05, 0.1) is 22.3 Å². The highest BCUT2D eigenvalue weighted by Gasteiger charge is 2.53. The van der Waals surface area contributed by atoms with E-state index >= 15 is 0 Å². The number of carbonyl (C=O) groups excluding carboxylic acids is 3. The Kier molecular flexibility index (Phi) is 4.32. The number of rotatable bonds is 4. The lowest BCUT2D eigenvalue weighted by molar-refractivity contribution is -0.120. The minimum absolute atomic E-state index is 0.0411. The molecule has 5 rings (SSSR count). The normalized spacial score (nSPS) is 20.2. The van der Waals surface area contributed by atoms with Gasteiger partial charge in [-0.05, 0) is 44.5 Å². The van der Waals surface area contributed by atoms with Crippen LogP contribution in [-0.4, -0.2) is 44.4 Å². The van der Waals surface area contributed by atoms with Gasteiger partial charge in [-0.3, -0.25) is 24.6 Å². The second-order valence-corrected chi connectivity index (χ2v) is 8.07. The van der Waals surface area contributed by atoms with E-state index < -0.39 is 5.66 Å². The number of aromatic nitrogens is 2. The summed E-state index contributed by atoms with van der Waals surface area (Å²) in [5.41, 5.74) is 1.90. The summed E-state index contributed by atoms with van der Waals surface area (Å²) in [6.07, 6.45) is 0.814. The molecule has 3 aromatic rings. The third-order valence-corrected chi connectivity index (χ3v) is 6.27. The van der Waals surface area contributed by atoms with Crippen LogP contribution in [0.1, 0.15) is 37.0 Å². The first-order valence-electron chi connectivity index (χ1n) is 10.4. The summed E-state index contributed by atoms with van der Waals surface area (Å²) in [5.74, 6) is -0.190. The number of hydrogen-bond acceptors (Lipinski definition) is 4. The van der Waals surface area contributed by atoms with Gasteiger partial charge in [0.25, 0.3) is 5.91 Å². The van der Waals surface area contributed by atoms with Gasteiger partial charge in [0, 0.05) is 13.0 Å². The number of fused-ring (bicyclic) bond motifs is 4. The smallest absolute Gasteiger partial charge is 0.258 e. The quantitative estimate of drug-likeness (QED) is 0.707. The molecule has 0 aliphatic carbocycles. The summed E-state index contributed by atoms with van der Waals surface area (Å²) in [4.78, 5) is 46.7. The van der Waals surface area contributed by atoms with E-state index in [-0.39, 0.29) is 24.3 Å². The third-order valence-electron chi connectivity index (χ3n) is 6.27. The maximum absolute atomic E-state index is 13.3. The zero-order valence-electron chi connectivity index (χ0n) is 17.5. The lowest BCUT2D eigenvalue weighted by atomic mass is 9.98. The predicted molar refractivity (Wildman–Crippen MR) is 117 cm³/mol. The summed E-state index contributed by atoms with van der Waals surface area (Å²) >= 11 is 0. The molecular weight excluding hydrogens is 394 g/mol. The molecule has 2 aliphatic heterocycles. The molecule has 1 fully saturated rings. The average molecular weight is 417 g/mol. The second-order valence-electron chi connectivity index (χ2n) is 8.07. The van der Waals surface area contributed by atoms with Crippen molar-refractivity contribution in [2.24, 2.45) is 0 Å². The van der Waals surface area contributed by atoms with Gasteiger partial charge in [-0.15, -0.1) is 0 Å². The summed E-state index contributed by atoms with van der Waals surface area (Å²) in [7, 11) is 0. The van der Waals surface area contributed by atoms with Crippen molar-refractivity contribution in [2.45, 2.75) is 38.9 Å². The van der Waals surface area contributed by atoms with Crippen molar-refractivity contribution >= 4 is 40.4 Å². The molecule has 1 aromatic heterocycles. The highest BCUT2D eigenvalue weighted by atomic mass is 16.2. The first kappa shape index (κ1) is 19.3. The summed E-state index contributed by atoms with van der Waals surface area (Å²) in [6, 6.07) is 14.7. The Hall–Kier alpha value is -3.68. The summed E-state index contributed by atoms with van der Waals surface area (Å²) < 4.78 is 1.92. The number of carbonyl (C=O) groups is 3. The fraction of sp³-hybridized carbons (Fsp3) is 0.304. The van der Waals surface area contributed by atoms with Crippen LogP contribution < -0.4 is 10.2 Å². The number of imidazole rings is 1. The highest BCUT2D eigenvalue weighted by Crippen LogP contribution is 2.43. The molecule has 1 saturated heterocycles. The molecule has 0 radical (unpaired) electrons. The second kappa shape index (κ2) is 6.94. The molecule has 0 saturated carbocycles. The monoisotopic (exact) mass is 417 g/mol. The van der Waals surface area contributed by atoms with E-state index in [2.05, 4.69) is 10.3 Å². The van der Waals surface area contributed by atoms with Gasteiger partial charge < -0.3 is 9.47 Å². The Balaban J connectivity index is 1.46. The van der Waals surface area contributed by atoms with Crippen molar-refractivity contribution in [1.29, 1.82) is 0 Å². The minimum atomic E-state index is -0.870. The number of anilines is 2. The topological polar surface area (TPSA) is 87.5 Å². The maximum Gasteiger partial charge on any atom is 0.258 e. The number of para-hydroxylation sites is 3. The van der Waals surface area contributed by atoms with E-state index in [1.165, 1.54) is 4.90 Å². The molecule has 2 aliphatic rings. The fourth-order valence-electron chi connectivity index (χ4n) is 4.74. The molecule has 8 nitrogen and oxygen atoms in total. The van der Waals surface area contributed by atoms with Crippen molar-refractivity contribution in [1.82, 2.24) is 14.5 Å². The number of amides is 3. The van der Waals surface area contributed by atoms with Crippen LogP contribution in [-0.2, 0) is 16.1 Å². The highest BCUT2D eigenvalue weighted by molar-refractivity contribution is 6.11. The third kappa shape index (κ3) is 2.82. The van der Waals surface area contributed by atoms with Crippen molar-refractivity contribution in [3.8, 4) is 0 Å². The standard InChI is InChI=1S/C23H23N5O3/c1-3-26-18-11-7-5-9-16(18)24-22(26)25-19(29)14-27-21(31)15-8-4-6-10-17(15)28-20(30)12-13-23(27,28)2/h4-11H,3,12-14H2,1-2H3,(H,24,25,29). The Morgan fingerprint density at radius 3 is 2.68 bits per heavy atom. The van der Waals surface area contributed by atoms with E-state index in [0.717, 1.165) is 11.0 Å². The predicted octanol–water partition coefficient (Wildman–Crippen LogP) is 2.99. The van der Waals surface area contributed by atoms with Crippen LogP contribution in [0, 0.1) is 0 Å². The minimum Gasteiger partial charge on any atom is -0.310 e. The molecule has 1 atom stereocenters. The van der Waals surface area contributed by atoms with Gasteiger partial charge in [0.1, 0.15) is 12.2 Å². The first-order chi connectivity index (χ1) is 14.9. The molecule has 1 N–H and O–H groups in total. The molecule has 158 valence electrons. The lowest BCUT2D eigenvalue weighted by Gasteiger charge is -2.48. The SMILES string of the molecule is CCn1c(NC(=O)CN2C(=O)c3ccccc3N3C(=O)CCC23C)nc2ccccc21. The van der Waals surface area contributed by atoms with Crippen LogP contribution in [0.25, 0.3) is 11.0 Å². The largest absolute Gasteiger partial charge is 0.310 e. The number of hydrogen-bond donors (Lipinski definition) is 1. The van der Waals surface area contributed by atoms with Crippen molar-refractivity contribution in [2.75, 3.05) is 16.8 Å². The zero-order chi connectivity index (χ0) is 21.8. The molecule has 8 heteroatoms. The van der Waals surface area contributed by atoms with Crippen LogP contribution in [0.5, 0.6) is 0 Å². The van der Waals surface area contributed by atoms with Gasteiger partial charge in [0.15, 0.2) is 0 Å². The number of nitrogens with one attached hydrogen (secondary N) is 1. The molecule has 3 heterocycles. The number of nitrogens with zero attached hydrogens (tertiary/aromatic N) is 4. The van der Waals surface area contributed by atoms with Gasteiger partial charge in [0.2, 0.25) is 17.8 Å². The van der Waals surface area contributed by atoms with Crippen LogP contribution >= 0.6 is 0 Å². The average Bonchev–Trinajstić information content (AvgIpc) is 3.27. The van der Waals surface area contributed by atoms with Crippen molar-refractivity contribution in [3.63, 3.8) is 0 Å². The van der Waals surface area contributed by atoms with E-state index in [4.69, 9.17) is 0 Å².